The van der Waals surface area contributed by atoms with Crippen molar-refractivity contribution in [2.75, 3.05) is 11.9 Å². The summed E-state index contributed by atoms with van der Waals surface area (Å²) in [7, 11) is 0. The first-order valence-electron chi connectivity index (χ1n) is 6.41. The van der Waals surface area contributed by atoms with Crippen LogP contribution in [0.15, 0.2) is 42.5 Å². The van der Waals surface area contributed by atoms with E-state index < -0.39 is 10.8 Å². The molecule has 0 spiro atoms. The Morgan fingerprint density at radius 1 is 1.30 bits per heavy atom. The number of nitrogens with one attached hydrogen (secondary N) is 1. The number of carbonyl (C=O) groups is 2. The van der Waals surface area contributed by atoms with Gasteiger partial charge in [0.05, 0.1) is 4.92 Å². The molecule has 0 saturated carbocycles. The highest BCUT2D eigenvalue weighted by molar-refractivity contribution is 6.32. The Bertz CT molecular complexity index is 763. The molecule has 0 fully saturated rings. The van der Waals surface area contributed by atoms with Crippen LogP contribution in [0.3, 0.4) is 0 Å². The maximum absolute atomic E-state index is 11.8. The van der Waals surface area contributed by atoms with E-state index in [4.69, 9.17) is 16.3 Å². The highest BCUT2D eigenvalue weighted by atomic mass is 35.5. The van der Waals surface area contributed by atoms with E-state index in [1.54, 1.807) is 18.2 Å². The van der Waals surface area contributed by atoms with E-state index in [-0.39, 0.29) is 23.0 Å². The fraction of sp³-hybridized carbons (Fsp3) is 0.0667. The molecule has 23 heavy (non-hydrogen) atoms. The van der Waals surface area contributed by atoms with Gasteiger partial charge in [-0.2, -0.15) is 0 Å². The van der Waals surface area contributed by atoms with Gasteiger partial charge in [0.25, 0.3) is 11.6 Å². The molecule has 8 heteroatoms. The number of anilines is 1. The van der Waals surface area contributed by atoms with Crippen LogP contribution in [0.1, 0.15) is 10.4 Å². The number of ether oxygens (including phenoxy) is 1. The van der Waals surface area contributed by atoms with Gasteiger partial charge in [-0.1, -0.05) is 23.7 Å². The molecule has 118 valence electrons. The zero-order valence-corrected chi connectivity index (χ0v) is 12.4. The van der Waals surface area contributed by atoms with Gasteiger partial charge < -0.3 is 10.1 Å². The topological polar surface area (TPSA) is 98.5 Å². The number of hydrogen-bond donors (Lipinski definition) is 1. The van der Waals surface area contributed by atoms with Crippen LogP contribution in [-0.2, 0) is 4.79 Å². The first-order valence-corrected chi connectivity index (χ1v) is 6.79. The lowest BCUT2D eigenvalue weighted by Gasteiger charge is -2.08. The first-order chi connectivity index (χ1) is 11.0. The van der Waals surface area contributed by atoms with Crippen LogP contribution >= 0.6 is 11.6 Å². The zero-order valence-electron chi connectivity index (χ0n) is 11.7. The van der Waals surface area contributed by atoms with E-state index in [1.807, 2.05) is 0 Å². The Hall–Kier alpha value is -2.93. The number of halogens is 1. The molecule has 0 radical (unpaired) electrons. The second kappa shape index (κ2) is 7.37. The van der Waals surface area contributed by atoms with Crippen LogP contribution in [0, 0.1) is 10.1 Å². The highest BCUT2D eigenvalue weighted by Gasteiger charge is 2.14. The molecule has 0 bridgehead atoms. The smallest absolute Gasteiger partial charge is 0.289 e. The molecule has 0 aliphatic heterocycles. The van der Waals surface area contributed by atoms with E-state index in [0.29, 0.717) is 17.6 Å². The summed E-state index contributed by atoms with van der Waals surface area (Å²) in [5.41, 5.74) is 0.358. The molecular weight excluding hydrogens is 324 g/mol. The van der Waals surface area contributed by atoms with Gasteiger partial charge in [0.2, 0.25) is 0 Å². The number of nitro groups is 1. The molecule has 0 aliphatic carbocycles. The SMILES string of the molecule is O=Cc1cccc(OCC(=O)Nc2ccc(Cl)c([N+](=O)[O-])c2)c1. The molecular formula is C15H11ClN2O5. The van der Waals surface area contributed by atoms with Gasteiger partial charge >= 0.3 is 0 Å². The third-order valence-electron chi connectivity index (χ3n) is 2.79. The summed E-state index contributed by atoms with van der Waals surface area (Å²) in [5, 5.41) is 13.2. The van der Waals surface area contributed by atoms with Gasteiger partial charge in [0, 0.05) is 17.3 Å². The average molecular weight is 335 g/mol. The lowest BCUT2D eigenvalue weighted by molar-refractivity contribution is -0.384. The third kappa shape index (κ3) is 4.52. The van der Waals surface area contributed by atoms with Gasteiger partial charge in [-0.05, 0) is 24.3 Å². The van der Waals surface area contributed by atoms with Gasteiger partial charge in [-0.15, -0.1) is 0 Å². The Morgan fingerprint density at radius 2 is 2.09 bits per heavy atom. The molecule has 7 nitrogen and oxygen atoms in total. The number of nitrogens with zero attached hydrogens (tertiary/aromatic N) is 1. The van der Waals surface area contributed by atoms with Crippen LogP contribution in [-0.4, -0.2) is 23.7 Å². The molecule has 0 unspecified atom stereocenters. The minimum absolute atomic E-state index is 0.0186. The Labute approximate surface area is 136 Å². The lowest BCUT2D eigenvalue weighted by atomic mass is 10.2. The van der Waals surface area contributed by atoms with E-state index in [2.05, 4.69) is 5.32 Å². The monoisotopic (exact) mass is 334 g/mol. The summed E-state index contributed by atoms with van der Waals surface area (Å²) in [6.07, 6.45) is 0.666. The van der Waals surface area contributed by atoms with Gasteiger partial charge in [-0.3, -0.25) is 19.7 Å². The van der Waals surface area contributed by atoms with Crippen molar-refractivity contribution in [3.8, 4) is 5.75 Å². The molecule has 0 aromatic heterocycles. The number of benzene rings is 2. The van der Waals surface area contributed by atoms with Gasteiger partial charge in [0.15, 0.2) is 6.61 Å². The minimum atomic E-state index is -0.639. The van der Waals surface area contributed by atoms with E-state index in [0.717, 1.165) is 6.07 Å². The predicted octanol–water partition coefficient (Wildman–Crippen LogP) is 3.08. The fourth-order valence-corrected chi connectivity index (χ4v) is 1.94. The van der Waals surface area contributed by atoms with Crippen molar-refractivity contribution in [2.45, 2.75) is 0 Å². The number of hydrogen-bond acceptors (Lipinski definition) is 5. The maximum Gasteiger partial charge on any atom is 0.289 e. The summed E-state index contributed by atoms with van der Waals surface area (Å²) in [6, 6.07) is 10.3. The van der Waals surface area contributed by atoms with Crippen LogP contribution < -0.4 is 10.1 Å². The molecule has 2 rings (SSSR count). The standard InChI is InChI=1S/C15H11ClN2O5/c16-13-5-4-11(7-14(13)18(21)22)17-15(20)9-23-12-3-1-2-10(6-12)8-19/h1-8H,9H2,(H,17,20). The van der Waals surface area contributed by atoms with Crippen molar-refractivity contribution in [3.63, 3.8) is 0 Å². The van der Waals surface area contributed by atoms with Gasteiger partial charge in [-0.25, -0.2) is 0 Å². The van der Waals surface area contributed by atoms with Crippen molar-refractivity contribution in [1.82, 2.24) is 0 Å². The van der Waals surface area contributed by atoms with E-state index in [9.17, 15) is 19.7 Å². The van der Waals surface area contributed by atoms with Crippen molar-refractivity contribution in [3.05, 3.63) is 63.2 Å². The second-order valence-corrected chi connectivity index (χ2v) is 4.86. The molecule has 1 amide bonds. The zero-order chi connectivity index (χ0) is 16.8. The number of carbonyl (C=O) groups excluding carboxylic acids is 2. The van der Waals surface area contributed by atoms with E-state index >= 15 is 0 Å². The van der Waals surface area contributed by atoms with E-state index in [1.165, 1.54) is 18.2 Å². The number of rotatable bonds is 6. The summed E-state index contributed by atoms with van der Waals surface area (Å²) in [5.74, 6) is -0.134. The normalized spacial score (nSPS) is 9.96. The van der Waals surface area contributed by atoms with Crippen molar-refractivity contribution < 1.29 is 19.2 Å². The molecule has 2 aromatic rings. The maximum atomic E-state index is 11.8. The fourth-order valence-electron chi connectivity index (χ4n) is 1.75. The average Bonchev–Trinajstić information content (AvgIpc) is 2.54. The van der Waals surface area contributed by atoms with Crippen LogP contribution in [0.2, 0.25) is 5.02 Å². The quantitative estimate of drug-likeness (QED) is 0.497. The van der Waals surface area contributed by atoms with Crippen LogP contribution in [0.4, 0.5) is 11.4 Å². The predicted molar refractivity (Wildman–Crippen MR) is 84.1 cm³/mol. The molecule has 1 N–H and O–H groups in total. The lowest BCUT2D eigenvalue weighted by Crippen LogP contribution is -2.20. The van der Waals surface area contributed by atoms with Crippen LogP contribution in [0.5, 0.6) is 5.75 Å². The highest BCUT2D eigenvalue weighted by Crippen LogP contribution is 2.27. The summed E-state index contributed by atoms with van der Waals surface area (Å²) >= 11 is 5.69. The molecule has 0 heterocycles. The van der Waals surface area contributed by atoms with Gasteiger partial charge in [0.1, 0.15) is 17.1 Å². The largest absolute Gasteiger partial charge is 0.484 e. The number of amides is 1. The molecule has 0 aliphatic rings. The van der Waals surface area contributed by atoms with Crippen molar-refractivity contribution in [2.24, 2.45) is 0 Å². The van der Waals surface area contributed by atoms with Crippen LogP contribution in [0.25, 0.3) is 0 Å². The molecule has 0 saturated heterocycles. The number of nitro benzene ring substituents is 1. The molecule has 2 aromatic carbocycles. The molecule has 0 atom stereocenters. The minimum Gasteiger partial charge on any atom is -0.484 e. The van der Waals surface area contributed by atoms with Crippen molar-refractivity contribution >= 4 is 35.2 Å². The second-order valence-electron chi connectivity index (χ2n) is 4.45. The Morgan fingerprint density at radius 3 is 2.78 bits per heavy atom. The summed E-state index contributed by atoms with van der Waals surface area (Å²) in [6.45, 7) is -0.307. The summed E-state index contributed by atoms with van der Waals surface area (Å²) in [4.78, 5) is 32.6. The first kappa shape index (κ1) is 16.4. The third-order valence-corrected chi connectivity index (χ3v) is 3.11. The summed E-state index contributed by atoms with van der Waals surface area (Å²) < 4.78 is 5.25. The van der Waals surface area contributed by atoms with Crippen molar-refractivity contribution in [1.29, 1.82) is 0 Å². The Kier molecular flexibility index (Phi) is 5.27. The number of aldehydes is 1. The Balaban J connectivity index is 1.98.